The molecule has 1 aliphatic rings. The van der Waals surface area contributed by atoms with Gasteiger partial charge in [-0.2, -0.15) is 0 Å². The van der Waals surface area contributed by atoms with Crippen LogP contribution in [0.15, 0.2) is 18.2 Å². The second-order valence-corrected chi connectivity index (χ2v) is 6.65. The number of ether oxygens (including phenoxy) is 1. The fraction of sp³-hybridized carbons (Fsp3) is 0.611. The Hall–Kier alpha value is -1.55. The second-order valence-electron chi connectivity index (χ2n) is 6.65. The van der Waals surface area contributed by atoms with E-state index in [9.17, 15) is 4.79 Å². The van der Waals surface area contributed by atoms with Gasteiger partial charge in [-0.3, -0.25) is 4.79 Å². The molecule has 0 bridgehead atoms. The minimum absolute atomic E-state index is 0.124. The lowest BCUT2D eigenvalue weighted by Crippen LogP contribution is -2.46. The molecule has 0 aliphatic carbocycles. The number of carbonyl (C=O) groups is 1. The number of amides is 1. The predicted octanol–water partition coefficient (Wildman–Crippen LogP) is 2.89. The highest BCUT2D eigenvalue weighted by molar-refractivity contribution is 5.94. The van der Waals surface area contributed by atoms with E-state index in [-0.39, 0.29) is 5.91 Å². The van der Waals surface area contributed by atoms with Crippen LogP contribution in [0.1, 0.15) is 49.5 Å². The van der Waals surface area contributed by atoms with Crippen molar-refractivity contribution in [2.75, 3.05) is 32.8 Å². The first-order valence-corrected chi connectivity index (χ1v) is 8.25. The molecule has 4 heteroatoms. The topological polar surface area (TPSA) is 41.6 Å². The van der Waals surface area contributed by atoms with Gasteiger partial charge in [0.2, 0.25) is 0 Å². The van der Waals surface area contributed by atoms with Gasteiger partial charge in [0.1, 0.15) is 5.75 Å². The Kier molecular flexibility index (Phi) is 5.83. The monoisotopic (exact) mass is 304 g/mol. The molecule has 1 aromatic carbocycles. The van der Waals surface area contributed by atoms with Gasteiger partial charge in [0.15, 0.2) is 0 Å². The lowest BCUT2D eigenvalue weighted by Gasteiger charge is -2.28. The smallest absolute Gasteiger partial charge is 0.253 e. The summed E-state index contributed by atoms with van der Waals surface area (Å²) < 4.78 is 5.91. The molecule has 0 unspecified atom stereocenters. The lowest BCUT2D eigenvalue weighted by atomic mass is 9.99. The number of hydrogen-bond acceptors (Lipinski definition) is 3. The van der Waals surface area contributed by atoms with Crippen molar-refractivity contribution < 1.29 is 9.53 Å². The first kappa shape index (κ1) is 16.8. The van der Waals surface area contributed by atoms with Crippen molar-refractivity contribution in [1.82, 2.24) is 10.2 Å². The van der Waals surface area contributed by atoms with Crippen LogP contribution >= 0.6 is 0 Å². The summed E-state index contributed by atoms with van der Waals surface area (Å²) in [6, 6.07) is 5.85. The van der Waals surface area contributed by atoms with Gasteiger partial charge in [-0.1, -0.05) is 27.7 Å². The van der Waals surface area contributed by atoms with Crippen molar-refractivity contribution in [3.05, 3.63) is 29.3 Å². The van der Waals surface area contributed by atoms with Crippen LogP contribution in [0.3, 0.4) is 0 Å². The minimum atomic E-state index is 0.124. The van der Waals surface area contributed by atoms with E-state index < -0.39 is 0 Å². The summed E-state index contributed by atoms with van der Waals surface area (Å²) in [4.78, 5) is 14.5. The van der Waals surface area contributed by atoms with E-state index in [1.807, 2.05) is 23.1 Å². The zero-order valence-electron chi connectivity index (χ0n) is 14.2. The molecular formula is C18H28N2O2. The van der Waals surface area contributed by atoms with E-state index in [1.165, 1.54) is 0 Å². The van der Waals surface area contributed by atoms with Crippen molar-refractivity contribution in [3.8, 4) is 5.75 Å². The van der Waals surface area contributed by atoms with E-state index in [4.69, 9.17) is 4.74 Å². The summed E-state index contributed by atoms with van der Waals surface area (Å²) in [6.45, 7) is 12.5. The van der Waals surface area contributed by atoms with Gasteiger partial charge >= 0.3 is 0 Å². The molecule has 1 fully saturated rings. The first-order valence-electron chi connectivity index (χ1n) is 8.25. The third-order valence-corrected chi connectivity index (χ3v) is 3.86. The van der Waals surface area contributed by atoms with Gasteiger partial charge in [-0.05, 0) is 35.6 Å². The third kappa shape index (κ3) is 4.23. The molecule has 1 aromatic rings. The zero-order chi connectivity index (χ0) is 16.1. The molecule has 122 valence electrons. The number of nitrogens with zero attached hydrogens (tertiary/aromatic N) is 1. The molecule has 2 rings (SSSR count). The van der Waals surface area contributed by atoms with E-state index in [2.05, 4.69) is 33.0 Å². The molecule has 1 saturated heterocycles. The normalized spacial score (nSPS) is 15.5. The van der Waals surface area contributed by atoms with Crippen LogP contribution in [0, 0.1) is 5.92 Å². The largest absolute Gasteiger partial charge is 0.493 e. The number of hydrogen-bond donors (Lipinski definition) is 1. The summed E-state index contributed by atoms with van der Waals surface area (Å²) in [5.74, 6) is 1.85. The molecule has 4 nitrogen and oxygen atoms in total. The lowest BCUT2D eigenvalue weighted by molar-refractivity contribution is 0.0735. The first-order chi connectivity index (χ1) is 10.5. The molecular weight excluding hydrogens is 276 g/mol. The summed E-state index contributed by atoms with van der Waals surface area (Å²) in [5, 5.41) is 3.27. The molecule has 1 amide bonds. The standard InChI is InChI=1S/C18H28N2O2/c1-13(2)12-22-17-6-5-15(11-16(17)14(3)4)18(21)20-9-7-19-8-10-20/h5-6,11,13-14,19H,7-10,12H2,1-4H3. The Morgan fingerprint density at radius 1 is 1.23 bits per heavy atom. The molecule has 22 heavy (non-hydrogen) atoms. The second kappa shape index (κ2) is 7.63. The van der Waals surface area contributed by atoms with Crippen LogP contribution < -0.4 is 10.1 Å². The highest BCUT2D eigenvalue weighted by Gasteiger charge is 2.20. The number of rotatable bonds is 5. The molecule has 1 aliphatic heterocycles. The van der Waals surface area contributed by atoms with Gasteiger partial charge in [-0.25, -0.2) is 0 Å². The van der Waals surface area contributed by atoms with Gasteiger partial charge in [0.05, 0.1) is 6.61 Å². The van der Waals surface area contributed by atoms with Crippen LogP contribution in [-0.4, -0.2) is 43.6 Å². The maximum atomic E-state index is 12.6. The van der Waals surface area contributed by atoms with E-state index in [1.54, 1.807) is 0 Å². The Labute approximate surface area is 133 Å². The fourth-order valence-electron chi connectivity index (χ4n) is 2.57. The molecule has 0 radical (unpaired) electrons. The average molecular weight is 304 g/mol. The Bertz CT molecular complexity index is 506. The van der Waals surface area contributed by atoms with Crippen LogP contribution in [0.5, 0.6) is 5.75 Å². The Balaban J connectivity index is 2.18. The summed E-state index contributed by atoms with van der Waals surface area (Å²) in [5.41, 5.74) is 1.88. The van der Waals surface area contributed by atoms with Crippen molar-refractivity contribution in [1.29, 1.82) is 0 Å². The minimum Gasteiger partial charge on any atom is -0.493 e. The quantitative estimate of drug-likeness (QED) is 0.909. The zero-order valence-corrected chi connectivity index (χ0v) is 14.2. The van der Waals surface area contributed by atoms with Crippen molar-refractivity contribution >= 4 is 5.91 Å². The number of piperazine rings is 1. The van der Waals surface area contributed by atoms with Crippen LogP contribution in [-0.2, 0) is 0 Å². The Morgan fingerprint density at radius 2 is 1.91 bits per heavy atom. The van der Waals surface area contributed by atoms with Crippen molar-refractivity contribution in [2.24, 2.45) is 5.92 Å². The number of carbonyl (C=O) groups excluding carboxylic acids is 1. The molecule has 0 atom stereocenters. The van der Waals surface area contributed by atoms with Crippen LogP contribution in [0.25, 0.3) is 0 Å². The van der Waals surface area contributed by atoms with E-state index in [0.29, 0.717) is 18.4 Å². The van der Waals surface area contributed by atoms with E-state index in [0.717, 1.165) is 43.1 Å². The maximum Gasteiger partial charge on any atom is 0.253 e. The van der Waals surface area contributed by atoms with Gasteiger partial charge in [-0.15, -0.1) is 0 Å². The van der Waals surface area contributed by atoms with Crippen LogP contribution in [0.4, 0.5) is 0 Å². The number of benzene rings is 1. The molecule has 0 aromatic heterocycles. The van der Waals surface area contributed by atoms with E-state index >= 15 is 0 Å². The predicted molar refractivity (Wildman–Crippen MR) is 89.6 cm³/mol. The fourth-order valence-corrected chi connectivity index (χ4v) is 2.57. The van der Waals surface area contributed by atoms with Gasteiger partial charge < -0.3 is 15.0 Å². The van der Waals surface area contributed by atoms with Crippen molar-refractivity contribution in [3.63, 3.8) is 0 Å². The summed E-state index contributed by atoms with van der Waals surface area (Å²) in [7, 11) is 0. The van der Waals surface area contributed by atoms with Crippen molar-refractivity contribution in [2.45, 2.75) is 33.6 Å². The molecule has 1 N–H and O–H groups in total. The average Bonchev–Trinajstić information content (AvgIpc) is 2.52. The summed E-state index contributed by atoms with van der Waals surface area (Å²) in [6.07, 6.45) is 0. The highest BCUT2D eigenvalue weighted by Crippen LogP contribution is 2.28. The number of nitrogens with one attached hydrogen (secondary N) is 1. The third-order valence-electron chi connectivity index (χ3n) is 3.86. The van der Waals surface area contributed by atoms with Gasteiger partial charge in [0, 0.05) is 31.7 Å². The molecule has 0 spiro atoms. The maximum absolute atomic E-state index is 12.6. The van der Waals surface area contributed by atoms with Crippen LogP contribution in [0.2, 0.25) is 0 Å². The Morgan fingerprint density at radius 3 is 2.50 bits per heavy atom. The SMILES string of the molecule is CC(C)COc1ccc(C(=O)N2CCNCC2)cc1C(C)C. The summed E-state index contributed by atoms with van der Waals surface area (Å²) >= 11 is 0. The molecule has 1 heterocycles. The van der Waals surface area contributed by atoms with Gasteiger partial charge in [0.25, 0.3) is 5.91 Å². The highest BCUT2D eigenvalue weighted by atomic mass is 16.5. The molecule has 0 saturated carbocycles.